The van der Waals surface area contributed by atoms with Crippen molar-refractivity contribution in [3.63, 3.8) is 0 Å². The Bertz CT molecular complexity index is 243. The van der Waals surface area contributed by atoms with Crippen molar-refractivity contribution in [1.82, 2.24) is 20.2 Å². The SMILES string of the molecule is COC(=O)n1nnnc1N. The molecule has 0 aliphatic carbocycles. The maximum absolute atomic E-state index is 10.6. The topological polar surface area (TPSA) is 95.9 Å². The van der Waals surface area contributed by atoms with Crippen molar-refractivity contribution in [2.75, 3.05) is 12.8 Å². The molecule has 0 aliphatic heterocycles. The molecule has 1 rings (SSSR count). The number of nitrogens with zero attached hydrogens (tertiary/aromatic N) is 4. The van der Waals surface area contributed by atoms with Crippen LogP contribution in [0, 0.1) is 0 Å². The number of carbonyl (C=O) groups is 1. The van der Waals surface area contributed by atoms with Crippen molar-refractivity contribution in [3.05, 3.63) is 0 Å². The molecule has 0 aliphatic rings. The van der Waals surface area contributed by atoms with E-state index in [9.17, 15) is 4.79 Å². The highest BCUT2D eigenvalue weighted by atomic mass is 16.5. The number of aromatic nitrogens is 4. The van der Waals surface area contributed by atoms with Crippen molar-refractivity contribution in [3.8, 4) is 0 Å². The van der Waals surface area contributed by atoms with Gasteiger partial charge in [-0.3, -0.25) is 0 Å². The first-order valence-electron chi connectivity index (χ1n) is 2.38. The Hall–Kier alpha value is -1.66. The fourth-order valence-electron chi connectivity index (χ4n) is 0.411. The lowest BCUT2D eigenvalue weighted by Crippen LogP contribution is -2.15. The Balaban J connectivity index is 2.93. The van der Waals surface area contributed by atoms with E-state index in [1.807, 2.05) is 0 Å². The third kappa shape index (κ3) is 0.879. The van der Waals surface area contributed by atoms with Crippen molar-refractivity contribution in [2.24, 2.45) is 0 Å². The van der Waals surface area contributed by atoms with Gasteiger partial charge >= 0.3 is 6.09 Å². The number of tetrazole rings is 1. The molecule has 0 fully saturated rings. The number of carbonyl (C=O) groups excluding carboxylic acids is 1. The molecular formula is C3H5N5O2. The number of hydrogen-bond donors (Lipinski definition) is 1. The highest BCUT2D eigenvalue weighted by Gasteiger charge is 2.09. The third-order valence-corrected chi connectivity index (χ3v) is 0.841. The first-order valence-corrected chi connectivity index (χ1v) is 2.38. The lowest BCUT2D eigenvalue weighted by atomic mass is 11.0. The number of anilines is 1. The van der Waals surface area contributed by atoms with E-state index < -0.39 is 6.09 Å². The molecule has 1 aromatic rings. The van der Waals surface area contributed by atoms with Gasteiger partial charge in [0.25, 0.3) is 5.95 Å². The van der Waals surface area contributed by atoms with Crippen molar-refractivity contribution in [2.45, 2.75) is 0 Å². The summed E-state index contributed by atoms with van der Waals surface area (Å²) in [6.07, 6.45) is -0.706. The summed E-state index contributed by atoms with van der Waals surface area (Å²) in [5, 5.41) is 9.63. The normalized spacial score (nSPS) is 9.30. The fourth-order valence-corrected chi connectivity index (χ4v) is 0.411. The van der Waals surface area contributed by atoms with Crippen LogP contribution in [0.3, 0.4) is 0 Å². The van der Waals surface area contributed by atoms with Crippen LogP contribution in [0.15, 0.2) is 0 Å². The van der Waals surface area contributed by atoms with Gasteiger partial charge in [0.15, 0.2) is 0 Å². The number of ether oxygens (including phenoxy) is 1. The summed E-state index contributed by atoms with van der Waals surface area (Å²) in [4.78, 5) is 10.6. The van der Waals surface area contributed by atoms with Crippen LogP contribution in [0.25, 0.3) is 0 Å². The molecule has 7 nitrogen and oxygen atoms in total. The molecule has 0 radical (unpaired) electrons. The minimum Gasteiger partial charge on any atom is -0.451 e. The van der Waals surface area contributed by atoms with E-state index in [4.69, 9.17) is 5.73 Å². The van der Waals surface area contributed by atoms with Gasteiger partial charge in [-0.25, -0.2) is 4.79 Å². The number of nitrogens with two attached hydrogens (primary N) is 1. The highest BCUT2D eigenvalue weighted by molar-refractivity contribution is 5.71. The molecule has 0 unspecified atom stereocenters. The summed E-state index contributed by atoms with van der Waals surface area (Å²) in [6.45, 7) is 0. The van der Waals surface area contributed by atoms with E-state index in [0.29, 0.717) is 0 Å². The molecule has 0 aromatic carbocycles. The number of hydrogen-bond acceptors (Lipinski definition) is 6. The zero-order valence-electron chi connectivity index (χ0n) is 5.18. The minimum atomic E-state index is -0.706. The van der Waals surface area contributed by atoms with E-state index in [-0.39, 0.29) is 5.95 Å². The third-order valence-electron chi connectivity index (χ3n) is 0.841. The van der Waals surface area contributed by atoms with E-state index in [1.165, 1.54) is 7.11 Å². The summed E-state index contributed by atoms with van der Waals surface area (Å²) >= 11 is 0. The van der Waals surface area contributed by atoms with E-state index in [2.05, 4.69) is 20.3 Å². The standard InChI is InChI=1S/C3H5N5O2/c1-10-3(9)8-2(4)5-6-7-8/h1H3,(H2,4,5,7). The van der Waals surface area contributed by atoms with Gasteiger partial charge in [-0.2, -0.15) is 0 Å². The number of rotatable bonds is 0. The molecule has 54 valence electrons. The summed E-state index contributed by atoms with van der Waals surface area (Å²) in [7, 11) is 1.21. The van der Waals surface area contributed by atoms with Crippen molar-refractivity contribution in [1.29, 1.82) is 0 Å². The van der Waals surface area contributed by atoms with Crippen LogP contribution in [-0.4, -0.2) is 33.4 Å². The highest BCUT2D eigenvalue weighted by Crippen LogP contribution is 1.91. The molecule has 1 heterocycles. The number of methoxy groups -OCH3 is 1. The van der Waals surface area contributed by atoms with Crippen molar-refractivity contribution >= 4 is 12.0 Å². The van der Waals surface area contributed by atoms with E-state index >= 15 is 0 Å². The lowest BCUT2D eigenvalue weighted by Gasteiger charge is -1.94. The fraction of sp³-hybridized carbons (Fsp3) is 0.333. The van der Waals surface area contributed by atoms with Gasteiger partial charge in [0.1, 0.15) is 0 Å². The molecule has 0 saturated carbocycles. The molecule has 2 N–H and O–H groups in total. The average Bonchev–Trinajstić information content (AvgIpc) is 2.34. The molecular weight excluding hydrogens is 138 g/mol. The molecule has 7 heteroatoms. The van der Waals surface area contributed by atoms with Gasteiger partial charge in [0, 0.05) is 0 Å². The van der Waals surface area contributed by atoms with Crippen LogP contribution >= 0.6 is 0 Å². The first-order chi connectivity index (χ1) is 4.75. The van der Waals surface area contributed by atoms with Gasteiger partial charge in [-0.05, 0) is 10.4 Å². The maximum atomic E-state index is 10.6. The Kier molecular flexibility index (Phi) is 1.48. The van der Waals surface area contributed by atoms with Gasteiger partial charge in [-0.15, -0.1) is 4.68 Å². The zero-order chi connectivity index (χ0) is 7.56. The van der Waals surface area contributed by atoms with Crippen LogP contribution < -0.4 is 5.73 Å². The second kappa shape index (κ2) is 2.29. The van der Waals surface area contributed by atoms with Crippen LogP contribution in [0.4, 0.5) is 10.7 Å². The molecule has 0 amide bonds. The monoisotopic (exact) mass is 143 g/mol. The Morgan fingerprint density at radius 2 is 2.50 bits per heavy atom. The maximum Gasteiger partial charge on any atom is 0.439 e. The summed E-state index contributed by atoms with van der Waals surface area (Å²) < 4.78 is 5.03. The largest absolute Gasteiger partial charge is 0.451 e. The Labute approximate surface area is 55.8 Å². The molecule has 10 heavy (non-hydrogen) atoms. The van der Waals surface area contributed by atoms with Crippen molar-refractivity contribution < 1.29 is 9.53 Å². The van der Waals surface area contributed by atoms with E-state index in [1.54, 1.807) is 0 Å². The van der Waals surface area contributed by atoms with Crippen LogP contribution in [-0.2, 0) is 4.74 Å². The van der Waals surface area contributed by atoms with Gasteiger partial charge in [0.2, 0.25) is 0 Å². The second-order valence-corrected chi connectivity index (χ2v) is 1.42. The summed E-state index contributed by atoms with van der Waals surface area (Å²) in [5.41, 5.74) is 5.14. The molecule has 0 atom stereocenters. The molecule has 0 bridgehead atoms. The van der Waals surface area contributed by atoms with Crippen LogP contribution in [0.1, 0.15) is 0 Å². The van der Waals surface area contributed by atoms with Gasteiger partial charge in [0.05, 0.1) is 7.11 Å². The van der Waals surface area contributed by atoms with Crippen LogP contribution in [0.5, 0.6) is 0 Å². The predicted octanol–water partition coefficient (Wildman–Crippen LogP) is -1.13. The Morgan fingerprint density at radius 1 is 1.80 bits per heavy atom. The lowest BCUT2D eigenvalue weighted by molar-refractivity contribution is 0.169. The number of nitrogen functional groups attached to an aromatic ring is 1. The quantitative estimate of drug-likeness (QED) is 0.461. The Morgan fingerprint density at radius 3 is 2.90 bits per heavy atom. The first kappa shape index (κ1) is 6.46. The summed E-state index contributed by atoms with van der Waals surface area (Å²) in [6, 6.07) is 0. The second-order valence-electron chi connectivity index (χ2n) is 1.42. The minimum absolute atomic E-state index is 0.0909. The summed E-state index contributed by atoms with van der Waals surface area (Å²) in [5.74, 6) is -0.0909. The van der Waals surface area contributed by atoms with Crippen LogP contribution in [0.2, 0.25) is 0 Å². The zero-order valence-corrected chi connectivity index (χ0v) is 5.18. The predicted molar refractivity (Wildman–Crippen MR) is 30.0 cm³/mol. The average molecular weight is 143 g/mol. The van der Waals surface area contributed by atoms with E-state index in [0.717, 1.165) is 4.68 Å². The van der Waals surface area contributed by atoms with Gasteiger partial charge < -0.3 is 10.5 Å². The smallest absolute Gasteiger partial charge is 0.439 e. The molecule has 1 aromatic heterocycles. The van der Waals surface area contributed by atoms with Gasteiger partial charge in [-0.1, -0.05) is 5.10 Å². The molecule has 0 spiro atoms. The molecule has 0 saturated heterocycles.